The molecule has 0 atom stereocenters. The Morgan fingerprint density at radius 3 is 2.37 bits per heavy atom. The van der Waals surface area contributed by atoms with Crippen LogP contribution in [0.5, 0.6) is 0 Å². The highest BCUT2D eigenvalue weighted by Crippen LogP contribution is 2.34. The molecule has 4 rings (SSSR count). The largest absolute Gasteiger partial charge is 0.423 e. The molecule has 3 aromatic rings. The average Bonchev–Trinajstić information content (AvgIpc) is 3.21. The van der Waals surface area contributed by atoms with Crippen LogP contribution < -0.4 is 10.3 Å². The summed E-state index contributed by atoms with van der Waals surface area (Å²) in [4.78, 5) is 24.9. The molecule has 7 nitrogen and oxygen atoms in total. The minimum Gasteiger partial charge on any atom is -0.423 e. The molecule has 2 aromatic carbocycles. The van der Waals surface area contributed by atoms with Gasteiger partial charge in [0.2, 0.25) is 15.9 Å². The summed E-state index contributed by atoms with van der Waals surface area (Å²) in [6.45, 7) is 1.41. The number of sulfonamides is 1. The summed E-state index contributed by atoms with van der Waals surface area (Å²) in [5.74, 6) is 0.0917. The van der Waals surface area contributed by atoms with Crippen LogP contribution in [0.1, 0.15) is 36.0 Å². The number of nitrogens with zero attached hydrogens (tertiary/aromatic N) is 1. The second-order valence-corrected chi connectivity index (χ2v) is 10.1. The van der Waals surface area contributed by atoms with E-state index >= 15 is 0 Å². The molecule has 11 heteroatoms. The molecule has 0 aliphatic carbocycles. The number of amides is 1. The van der Waals surface area contributed by atoms with Gasteiger partial charge in [0.25, 0.3) is 0 Å². The molecule has 1 aromatic heterocycles. The number of rotatable bonds is 8. The third-order valence-corrected chi connectivity index (χ3v) is 7.30. The Bertz CT molecular complexity index is 1400. The quantitative estimate of drug-likeness (QED) is 0.370. The number of halogens is 3. The van der Waals surface area contributed by atoms with Gasteiger partial charge in [-0.2, -0.15) is 13.2 Å². The van der Waals surface area contributed by atoms with Gasteiger partial charge in [0.15, 0.2) is 0 Å². The van der Waals surface area contributed by atoms with Gasteiger partial charge in [-0.3, -0.25) is 4.79 Å². The zero-order valence-corrected chi connectivity index (χ0v) is 19.4. The van der Waals surface area contributed by atoms with Crippen LogP contribution in [-0.2, 0) is 27.4 Å². The van der Waals surface area contributed by atoms with Crippen molar-refractivity contribution >= 4 is 26.9 Å². The lowest BCUT2D eigenvalue weighted by Gasteiger charge is -2.15. The summed E-state index contributed by atoms with van der Waals surface area (Å²) >= 11 is 0. The third-order valence-electron chi connectivity index (χ3n) is 5.82. The predicted octanol–water partition coefficient (Wildman–Crippen LogP) is 3.69. The smallest absolute Gasteiger partial charge is 0.417 e. The maximum Gasteiger partial charge on any atom is 0.417 e. The topological polar surface area (TPSA) is 96.7 Å². The Morgan fingerprint density at radius 1 is 1.00 bits per heavy atom. The van der Waals surface area contributed by atoms with Crippen LogP contribution in [0.3, 0.4) is 0 Å². The molecule has 1 fully saturated rings. The molecule has 1 amide bonds. The van der Waals surface area contributed by atoms with E-state index in [9.17, 15) is 31.2 Å². The van der Waals surface area contributed by atoms with Crippen LogP contribution in [-0.4, -0.2) is 38.9 Å². The van der Waals surface area contributed by atoms with Crippen LogP contribution in [0.4, 0.5) is 13.2 Å². The lowest BCUT2D eigenvalue weighted by atomic mass is 10.0. The van der Waals surface area contributed by atoms with Crippen molar-refractivity contribution in [2.75, 3.05) is 19.6 Å². The fourth-order valence-electron chi connectivity index (χ4n) is 4.08. The van der Waals surface area contributed by atoms with Gasteiger partial charge >= 0.3 is 11.8 Å². The van der Waals surface area contributed by atoms with E-state index in [0.29, 0.717) is 43.1 Å². The van der Waals surface area contributed by atoms with Crippen molar-refractivity contribution in [2.45, 2.75) is 36.8 Å². The standard InChI is InChI=1S/C24H23F3N2O5S/c25-24(26,27)20-15-23(31)34-21-9-6-17(14-19(20)21)13-16-4-7-18(8-5-16)35(32,33)28-10-2-12-29-11-1-3-22(29)30/h4-9,14-15,28H,1-3,10-13H2. The molecule has 1 N–H and O–H groups in total. The molecule has 0 spiro atoms. The summed E-state index contributed by atoms with van der Waals surface area (Å²) in [5, 5.41) is -0.214. The number of alkyl halides is 3. The van der Waals surface area contributed by atoms with E-state index in [1.165, 1.54) is 24.3 Å². The number of carbonyl (C=O) groups is 1. The first-order valence-corrected chi connectivity index (χ1v) is 12.5. The maximum atomic E-state index is 13.4. The number of hydrogen-bond donors (Lipinski definition) is 1. The van der Waals surface area contributed by atoms with E-state index in [1.54, 1.807) is 23.1 Å². The van der Waals surface area contributed by atoms with E-state index in [2.05, 4.69) is 4.72 Å². The molecule has 1 saturated heterocycles. The van der Waals surface area contributed by atoms with E-state index in [4.69, 9.17) is 4.42 Å². The van der Waals surface area contributed by atoms with Crippen molar-refractivity contribution in [1.29, 1.82) is 0 Å². The van der Waals surface area contributed by atoms with Gasteiger partial charge in [-0.25, -0.2) is 17.9 Å². The van der Waals surface area contributed by atoms with Gasteiger partial charge in [-0.05, 0) is 54.7 Å². The van der Waals surface area contributed by atoms with Crippen LogP contribution in [0.25, 0.3) is 11.0 Å². The van der Waals surface area contributed by atoms with E-state index in [-0.39, 0.29) is 34.7 Å². The summed E-state index contributed by atoms with van der Waals surface area (Å²) in [5.41, 5.74) is -1.06. The molecular formula is C24H23F3N2O5S. The van der Waals surface area contributed by atoms with Gasteiger partial charge in [0.05, 0.1) is 10.5 Å². The van der Waals surface area contributed by atoms with Crippen LogP contribution in [0, 0.1) is 0 Å². The van der Waals surface area contributed by atoms with Gasteiger partial charge in [0, 0.05) is 37.5 Å². The molecule has 35 heavy (non-hydrogen) atoms. The van der Waals surface area contributed by atoms with Gasteiger partial charge < -0.3 is 9.32 Å². The molecule has 1 aliphatic rings. The SMILES string of the molecule is O=C1CCCN1CCCNS(=O)(=O)c1ccc(Cc2ccc3oc(=O)cc(C(F)(F)F)c3c2)cc1. The molecule has 1 aliphatic heterocycles. The zero-order valence-electron chi connectivity index (χ0n) is 18.6. The first kappa shape index (κ1) is 24.9. The highest BCUT2D eigenvalue weighted by Gasteiger charge is 2.34. The second kappa shape index (κ2) is 9.82. The van der Waals surface area contributed by atoms with E-state index < -0.39 is 27.4 Å². The van der Waals surface area contributed by atoms with Crippen molar-refractivity contribution < 1.29 is 30.8 Å². The first-order chi connectivity index (χ1) is 16.5. The normalized spacial score (nSPS) is 14.7. The summed E-state index contributed by atoms with van der Waals surface area (Å²) in [6.07, 6.45) is -2.58. The second-order valence-electron chi connectivity index (χ2n) is 8.36. The fraction of sp³-hybridized carbons (Fsp3) is 0.333. The van der Waals surface area contributed by atoms with Crippen LogP contribution in [0.15, 0.2) is 62.6 Å². The van der Waals surface area contributed by atoms with Gasteiger partial charge in [-0.1, -0.05) is 18.2 Å². The molecule has 0 bridgehead atoms. The molecule has 2 heterocycles. The molecule has 0 radical (unpaired) electrons. The highest BCUT2D eigenvalue weighted by molar-refractivity contribution is 7.89. The molecule has 186 valence electrons. The van der Waals surface area contributed by atoms with Crippen LogP contribution >= 0.6 is 0 Å². The van der Waals surface area contributed by atoms with Crippen molar-refractivity contribution in [3.05, 3.63) is 75.6 Å². The minimum atomic E-state index is -4.71. The Hall–Kier alpha value is -3.18. The zero-order chi connectivity index (χ0) is 25.2. The fourth-order valence-corrected chi connectivity index (χ4v) is 5.15. The molecule has 0 unspecified atom stereocenters. The van der Waals surface area contributed by atoms with Crippen LogP contribution in [0.2, 0.25) is 0 Å². The van der Waals surface area contributed by atoms with Crippen molar-refractivity contribution in [3.8, 4) is 0 Å². The molecular weight excluding hydrogens is 485 g/mol. The van der Waals surface area contributed by atoms with Gasteiger partial charge in [-0.15, -0.1) is 0 Å². The minimum absolute atomic E-state index is 0.0677. The van der Waals surface area contributed by atoms with Crippen molar-refractivity contribution in [2.24, 2.45) is 0 Å². The summed E-state index contributed by atoms with van der Waals surface area (Å²) in [6, 6.07) is 10.7. The number of fused-ring (bicyclic) bond motifs is 1. The Kier molecular flexibility index (Phi) is 7.00. The summed E-state index contributed by atoms with van der Waals surface area (Å²) < 4.78 is 72.5. The number of carbonyl (C=O) groups excluding carboxylic acids is 1. The molecule has 0 saturated carbocycles. The lowest BCUT2D eigenvalue weighted by molar-refractivity contribution is -0.136. The number of likely N-dealkylation sites (tertiary alicyclic amines) is 1. The average molecular weight is 509 g/mol. The maximum absolute atomic E-state index is 13.4. The number of nitrogens with one attached hydrogen (secondary N) is 1. The Labute approximate surface area is 199 Å². The summed E-state index contributed by atoms with van der Waals surface area (Å²) in [7, 11) is -3.73. The number of hydrogen-bond acceptors (Lipinski definition) is 5. The first-order valence-electron chi connectivity index (χ1n) is 11.0. The third kappa shape index (κ3) is 5.91. The van der Waals surface area contributed by atoms with E-state index in [1.807, 2.05) is 0 Å². The highest BCUT2D eigenvalue weighted by atomic mass is 32.2. The van der Waals surface area contributed by atoms with Crippen molar-refractivity contribution in [1.82, 2.24) is 9.62 Å². The van der Waals surface area contributed by atoms with Crippen molar-refractivity contribution in [3.63, 3.8) is 0 Å². The van der Waals surface area contributed by atoms with E-state index in [0.717, 1.165) is 6.42 Å². The monoisotopic (exact) mass is 508 g/mol. The number of benzene rings is 2. The Morgan fingerprint density at radius 2 is 1.71 bits per heavy atom. The predicted molar refractivity (Wildman–Crippen MR) is 122 cm³/mol. The Balaban J connectivity index is 1.42. The lowest BCUT2D eigenvalue weighted by Crippen LogP contribution is -2.30. The van der Waals surface area contributed by atoms with Gasteiger partial charge in [0.1, 0.15) is 5.58 Å².